The number of carbonyl (C=O) groups is 2. The molecule has 3 heterocycles. The third kappa shape index (κ3) is 10.4. The van der Waals surface area contributed by atoms with Crippen LogP contribution in [0.5, 0.6) is 0 Å². The van der Waals surface area contributed by atoms with E-state index >= 15 is 0 Å². The van der Waals surface area contributed by atoms with Crippen molar-refractivity contribution >= 4 is 11.7 Å². The average Bonchev–Trinajstić information content (AvgIpc) is 2.98. The van der Waals surface area contributed by atoms with Crippen molar-refractivity contribution in [3.63, 3.8) is 0 Å². The highest BCUT2D eigenvalue weighted by Crippen LogP contribution is 2.39. The Balaban J connectivity index is 1.84. The fourth-order valence-electron chi connectivity index (χ4n) is 8.28. The lowest BCUT2D eigenvalue weighted by atomic mass is 9.74. The minimum absolute atomic E-state index is 0.0649. The number of amides is 1. The van der Waals surface area contributed by atoms with Crippen LogP contribution in [0.25, 0.3) is 0 Å². The fourth-order valence-corrected chi connectivity index (χ4v) is 8.28. The molecular weight excluding hydrogens is 628 g/mol. The molecule has 2 N–H and O–H groups in total. The summed E-state index contributed by atoms with van der Waals surface area (Å²) < 4.78 is 25.2. The van der Waals surface area contributed by atoms with Gasteiger partial charge in [0.05, 0.1) is 29.8 Å². The lowest BCUT2D eigenvalue weighted by Gasteiger charge is -2.48. The summed E-state index contributed by atoms with van der Waals surface area (Å²) in [6, 6.07) is -0.242. The maximum absolute atomic E-state index is 14.3. The summed E-state index contributed by atoms with van der Waals surface area (Å²) in [5, 5.41) is 22.8. The lowest BCUT2D eigenvalue weighted by molar-refractivity contribution is -0.296. The smallest absolute Gasteiger partial charge is 0.223 e. The SMILES string of the molecule is CO[C@]1(C)C[C@@H](C)CN(C)[C@H](C2CN(C(=O)CCN(C)CC(C)C)C2)CO[C@H](O)C(C)(C)C(=O)[C@H](C)[C@H]1O[C@@H]1O[C@H](C)C[C@H](N(C)C)[C@H]1O. The van der Waals surface area contributed by atoms with Crippen molar-refractivity contribution in [3.05, 3.63) is 0 Å². The number of likely N-dealkylation sites (tertiary alicyclic amines) is 1. The van der Waals surface area contributed by atoms with Crippen molar-refractivity contribution in [2.75, 3.05) is 74.6 Å². The molecule has 0 aromatic rings. The van der Waals surface area contributed by atoms with Crippen molar-refractivity contribution < 1.29 is 38.7 Å². The minimum Gasteiger partial charge on any atom is -0.386 e. The number of rotatable bonds is 10. The van der Waals surface area contributed by atoms with E-state index in [-0.39, 0.29) is 48.3 Å². The summed E-state index contributed by atoms with van der Waals surface area (Å²) in [7, 11) is 9.61. The Morgan fingerprint density at radius 3 is 2.29 bits per heavy atom. The Morgan fingerprint density at radius 1 is 1.08 bits per heavy atom. The number of aliphatic hydroxyl groups is 2. The Morgan fingerprint density at radius 2 is 1.71 bits per heavy atom. The van der Waals surface area contributed by atoms with Gasteiger partial charge in [0.2, 0.25) is 5.91 Å². The number of hydrogen-bond acceptors (Lipinski definition) is 11. The van der Waals surface area contributed by atoms with Crippen molar-refractivity contribution in [2.45, 2.75) is 123 Å². The maximum atomic E-state index is 14.3. The summed E-state index contributed by atoms with van der Waals surface area (Å²) in [6.45, 7) is 19.5. The number of ether oxygens (including phenoxy) is 4. The molecule has 3 aliphatic heterocycles. The monoisotopic (exact) mass is 699 g/mol. The molecule has 10 atom stereocenters. The number of methoxy groups -OCH3 is 1. The molecule has 0 spiro atoms. The Hall–Kier alpha value is -1.22. The van der Waals surface area contributed by atoms with E-state index in [2.05, 4.69) is 44.7 Å². The van der Waals surface area contributed by atoms with Crippen LogP contribution >= 0.6 is 0 Å². The van der Waals surface area contributed by atoms with Crippen LogP contribution in [0.3, 0.4) is 0 Å². The molecule has 1 amide bonds. The molecule has 0 unspecified atom stereocenters. The standard InChI is InChI=1S/C37H70N4O8/c1-23(2)18-39(11)15-14-30(42)41-20-27(21-41)29-22-47-35(45)36(6,7)32(44)26(5)33(37(8,46-13)17-24(3)19-40(29)12)49-34-31(43)28(38(9)10)16-25(4)48-34/h23-29,31,33-35,43,45H,14-22H2,1-13H3/t24-,25-,26+,28+,29+,31-,33-,34+,35+,37-/m1/s1. The van der Waals surface area contributed by atoms with Gasteiger partial charge in [0.1, 0.15) is 11.9 Å². The molecule has 12 heteroatoms. The van der Waals surface area contributed by atoms with Crippen molar-refractivity contribution in [2.24, 2.45) is 29.1 Å². The predicted octanol–water partition coefficient (Wildman–Crippen LogP) is 2.55. The molecule has 49 heavy (non-hydrogen) atoms. The van der Waals surface area contributed by atoms with Crippen molar-refractivity contribution in [1.29, 1.82) is 0 Å². The van der Waals surface area contributed by atoms with Crippen molar-refractivity contribution in [3.8, 4) is 0 Å². The molecule has 286 valence electrons. The van der Waals surface area contributed by atoms with Gasteiger partial charge in [-0.3, -0.25) is 9.59 Å². The third-order valence-corrected chi connectivity index (χ3v) is 11.3. The van der Waals surface area contributed by atoms with E-state index in [0.717, 1.165) is 13.1 Å². The average molecular weight is 699 g/mol. The lowest BCUT2D eigenvalue weighted by Crippen LogP contribution is -2.60. The number of likely N-dealkylation sites (N-methyl/N-ethyl adjacent to an activating group) is 2. The number of Topliss-reactive ketones (excluding diaryl/α,β-unsaturated/α-hetero) is 1. The second-order valence-corrected chi connectivity index (χ2v) is 17.0. The summed E-state index contributed by atoms with van der Waals surface area (Å²) in [5.74, 6) is 0.0473. The highest BCUT2D eigenvalue weighted by Gasteiger charge is 2.51. The topological polar surface area (TPSA) is 124 Å². The molecule has 0 bridgehead atoms. The fraction of sp³-hybridized carbons (Fsp3) is 0.946. The number of carbonyl (C=O) groups excluding carboxylic acids is 2. The van der Waals surface area contributed by atoms with Gasteiger partial charge in [0, 0.05) is 70.2 Å². The molecule has 0 aliphatic carbocycles. The van der Waals surface area contributed by atoms with E-state index in [1.165, 1.54) is 0 Å². The second kappa shape index (κ2) is 17.5. The van der Waals surface area contributed by atoms with E-state index in [0.29, 0.717) is 44.8 Å². The normalized spacial score (nSPS) is 37.6. The van der Waals surface area contributed by atoms with Gasteiger partial charge in [-0.15, -0.1) is 0 Å². The van der Waals surface area contributed by atoms with Crippen LogP contribution in [0.15, 0.2) is 0 Å². The molecule has 0 aromatic carbocycles. The number of hydrogen-bond donors (Lipinski definition) is 2. The van der Waals surface area contributed by atoms with Crippen LogP contribution in [-0.2, 0) is 28.5 Å². The summed E-state index contributed by atoms with van der Waals surface area (Å²) in [4.78, 5) is 35.7. The summed E-state index contributed by atoms with van der Waals surface area (Å²) >= 11 is 0. The van der Waals surface area contributed by atoms with Crippen LogP contribution < -0.4 is 0 Å². The van der Waals surface area contributed by atoms with Crippen LogP contribution in [0.1, 0.15) is 74.7 Å². The van der Waals surface area contributed by atoms with Crippen LogP contribution in [-0.4, -0.2) is 165 Å². The maximum Gasteiger partial charge on any atom is 0.223 e. The van der Waals surface area contributed by atoms with Gasteiger partial charge >= 0.3 is 0 Å². The zero-order chi connectivity index (χ0) is 37.0. The zero-order valence-corrected chi connectivity index (χ0v) is 32.8. The van der Waals surface area contributed by atoms with Gasteiger partial charge < -0.3 is 48.8 Å². The zero-order valence-electron chi connectivity index (χ0n) is 32.8. The highest BCUT2D eigenvalue weighted by atomic mass is 16.7. The molecule has 0 radical (unpaired) electrons. The van der Waals surface area contributed by atoms with Gasteiger partial charge in [0.15, 0.2) is 12.6 Å². The Kier molecular flexibility index (Phi) is 15.1. The Labute approximate surface area is 296 Å². The molecular formula is C37H70N4O8. The van der Waals surface area contributed by atoms with E-state index in [1.807, 2.05) is 37.7 Å². The number of nitrogens with zero attached hydrogens (tertiary/aromatic N) is 4. The molecule has 0 aromatic heterocycles. The summed E-state index contributed by atoms with van der Waals surface area (Å²) in [6.07, 6.45) is -2.49. The summed E-state index contributed by atoms with van der Waals surface area (Å²) in [5.41, 5.74) is -2.20. The van der Waals surface area contributed by atoms with Gasteiger partial charge in [-0.1, -0.05) is 27.7 Å². The second-order valence-electron chi connectivity index (χ2n) is 17.0. The predicted molar refractivity (Wildman–Crippen MR) is 190 cm³/mol. The van der Waals surface area contributed by atoms with Crippen LogP contribution in [0.4, 0.5) is 0 Å². The van der Waals surface area contributed by atoms with Crippen LogP contribution in [0.2, 0.25) is 0 Å². The van der Waals surface area contributed by atoms with Gasteiger partial charge in [-0.25, -0.2) is 0 Å². The first kappa shape index (κ1) is 42.2. The first-order chi connectivity index (χ1) is 22.7. The van der Waals surface area contributed by atoms with Gasteiger partial charge in [-0.2, -0.15) is 0 Å². The largest absolute Gasteiger partial charge is 0.386 e. The number of ketones is 1. The molecule has 0 saturated carbocycles. The molecule has 12 nitrogen and oxygen atoms in total. The molecule has 3 fully saturated rings. The quantitative estimate of drug-likeness (QED) is 0.350. The van der Waals surface area contributed by atoms with E-state index < -0.39 is 41.7 Å². The molecule has 3 aliphatic rings. The van der Waals surface area contributed by atoms with Crippen molar-refractivity contribution in [1.82, 2.24) is 19.6 Å². The van der Waals surface area contributed by atoms with Gasteiger partial charge in [0.25, 0.3) is 0 Å². The van der Waals surface area contributed by atoms with E-state index in [9.17, 15) is 19.8 Å². The molecule has 3 rings (SSSR count). The third-order valence-electron chi connectivity index (χ3n) is 11.3. The van der Waals surface area contributed by atoms with E-state index in [4.69, 9.17) is 18.9 Å². The van der Waals surface area contributed by atoms with E-state index in [1.54, 1.807) is 27.9 Å². The Bertz CT molecular complexity index is 1070. The minimum atomic E-state index is -1.37. The first-order valence-corrected chi connectivity index (χ1v) is 18.4. The number of aliphatic hydroxyl groups excluding tert-OH is 2. The highest BCUT2D eigenvalue weighted by molar-refractivity contribution is 5.87. The van der Waals surface area contributed by atoms with Crippen LogP contribution in [0, 0.1) is 29.1 Å². The molecule has 3 saturated heterocycles. The first-order valence-electron chi connectivity index (χ1n) is 18.4. The van der Waals surface area contributed by atoms with Gasteiger partial charge in [-0.05, 0) is 80.6 Å².